The molecule has 0 spiro atoms. The van der Waals surface area contributed by atoms with Crippen LogP contribution >= 0.6 is 12.2 Å². The normalized spacial score (nSPS) is 19.2. The molecule has 0 saturated carbocycles. The first-order chi connectivity index (χ1) is 8.74. The molecule has 4 nitrogen and oxygen atoms in total. The number of rotatable bonds is 5. The molecule has 1 saturated heterocycles. The van der Waals surface area contributed by atoms with Crippen LogP contribution in [0.2, 0.25) is 0 Å². The van der Waals surface area contributed by atoms with Gasteiger partial charge in [0.1, 0.15) is 10.8 Å². The van der Waals surface area contributed by atoms with Crippen LogP contribution in [0.15, 0.2) is 18.3 Å². The summed E-state index contributed by atoms with van der Waals surface area (Å²) in [7, 11) is 0. The Hall–Kier alpha value is -1.20. The van der Waals surface area contributed by atoms with Crippen molar-refractivity contribution < 1.29 is 5.11 Å². The first-order valence-corrected chi connectivity index (χ1v) is 6.77. The molecule has 0 aliphatic carbocycles. The second kappa shape index (κ2) is 6.11. The lowest BCUT2D eigenvalue weighted by Gasteiger charge is -2.27. The van der Waals surface area contributed by atoms with E-state index in [-0.39, 0.29) is 6.61 Å². The third-order valence-corrected chi connectivity index (χ3v) is 3.62. The number of pyridine rings is 1. The molecule has 1 aromatic rings. The van der Waals surface area contributed by atoms with Crippen LogP contribution in [0.25, 0.3) is 0 Å². The lowest BCUT2D eigenvalue weighted by molar-refractivity contribution is 0.279. The zero-order chi connectivity index (χ0) is 13.0. The van der Waals surface area contributed by atoms with E-state index in [2.05, 4.69) is 9.88 Å². The number of nitrogens with zero attached hydrogens (tertiary/aromatic N) is 2. The van der Waals surface area contributed by atoms with Crippen molar-refractivity contribution in [2.45, 2.75) is 31.7 Å². The van der Waals surface area contributed by atoms with Crippen molar-refractivity contribution in [2.24, 2.45) is 5.73 Å². The molecule has 5 heteroatoms. The van der Waals surface area contributed by atoms with Crippen LogP contribution in [-0.2, 0) is 0 Å². The van der Waals surface area contributed by atoms with Gasteiger partial charge in [-0.15, -0.1) is 0 Å². The minimum atomic E-state index is 0.245. The molecular formula is C13H19N3OS. The highest BCUT2D eigenvalue weighted by atomic mass is 32.1. The second-order valence-electron chi connectivity index (χ2n) is 4.59. The van der Waals surface area contributed by atoms with Gasteiger partial charge in [-0.3, -0.25) is 0 Å². The van der Waals surface area contributed by atoms with Crippen LogP contribution in [-0.4, -0.2) is 34.3 Å². The summed E-state index contributed by atoms with van der Waals surface area (Å²) in [6.45, 7) is 1.23. The van der Waals surface area contributed by atoms with Gasteiger partial charge in [0, 0.05) is 25.4 Å². The Morgan fingerprint density at radius 2 is 2.44 bits per heavy atom. The van der Waals surface area contributed by atoms with Crippen molar-refractivity contribution in [1.29, 1.82) is 0 Å². The molecule has 3 N–H and O–H groups in total. The van der Waals surface area contributed by atoms with Crippen molar-refractivity contribution >= 4 is 23.0 Å². The highest BCUT2D eigenvalue weighted by Gasteiger charge is 2.27. The fourth-order valence-corrected chi connectivity index (χ4v) is 2.72. The Morgan fingerprint density at radius 3 is 3.17 bits per heavy atom. The highest BCUT2D eigenvalue weighted by molar-refractivity contribution is 7.80. The van der Waals surface area contributed by atoms with Crippen LogP contribution in [0.4, 0.5) is 5.82 Å². The van der Waals surface area contributed by atoms with Crippen LogP contribution in [0.1, 0.15) is 31.2 Å². The predicted molar refractivity (Wildman–Crippen MR) is 76.8 cm³/mol. The summed E-state index contributed by atoms with van der Waals surface area (Å²) in [5.41, 5.74) is 6.60. The summed E-state index contributed by atoms with van der Waals surface area (Å²) < 4.78 is 0. The van der Waals surface area contributed by atoms with Gasteiger partial charge in [0.25, 0.3) is 0 Å². The smallest absolute Gasteiger partial charge is 0.139 e. The number of aromatic nitrogens is 1. The molecule has 1 aliphatic heterocycles. The Kier molecular flexibility index (Phi) is 4.49. The van der Waals surface area contributed by atoms with Crippen molar-refractivity contribution in [3.63, 3.8) is 0 Å². The lowest BCUT2D eigenvalue weighted by Crippen LogP contribution is -2.32. The third kappa shape index (κ3) is 2.79. The quantitative estimate of drug-likeness (QED) is 0.789. The first-order valence-electron chi connectivity index (χ1n) is 6.36. The summed E-state index contributed by atoms with van der Waals surface area (Å²) in [5.74, 6) is 0.894. The molecule has 0 aromatic carbocycles. The van der Waals surface area contributed by atoms with Gasteiger partial charge in [0.2, 0.25) is 0 Å². The highest BCUT2D eigenvalue weighted by Crippen LogP contribution is 2.28. The van der Waals surface area contributed by atoms with Gasteiger partial charge in [0.15, 0.2) is 0 Å². The number of nitrogens with two attached hydrogens (primary N) is 1. The molecule has 98 valence electrons. The van der Waals surface area contributed by atoms with Gasteiger partial charge < -0.3 is 15.7 Å². The second-order valence-corrected chi connectivity index (χ2v) is 5.03. The molecule has 1 unspecified atom stereocenters. The molecule has 2 heterocycles. The predicted octanol–water partition coefficient (Wildman–Crippen LogP) is 1.46. The average molecular weight is 265 g/mol. The van der Waals surface area contributed by atoms with E-state index >= 15 is 0 Å². The maximum atomic E-state index is 8.95. The number of thiocarbonyl (C=S) groups is 1. The monoisotopic (exact) mass is 265 g/mol. The molecule has 1 aromatic heterocycles. The molecule has 1 atom stereocenters. The third-order valence-electron chi connectivity index (χ3n) is 3.40. The molecular weight excluding hydrogens is 246 g/mol. The Labute approximate surface area is 113 Å². The average Bonchev–Trinajstić information content (AvgIpc) is 2.84. The number of aliphatic hydroxyl groups is 1. The van der Waals surface area contributed by atoms with Gasteiger partial charge in [-0.05, 0) is 37.8 Å². The zero-order valence-corrected chi connectivity index (χ0v) is 11.2. The van der Waals surface area contributed by atoms with Crippen molar-refractivity contribution in [1.82, 2.24) is 4.98 Å². The molecule has 18 heavy (non-hydrogen) atoms. The molecule has 2 rings (SSSR count). The summed E-state index contributed by atoms with van der Waals surface area (Å²) in [6.07, 6.45) is 5.90. The van der Waals surface area contributed by atoms with E-state index in [0.717, 1.165) is 43.6 Å². The summed E-state index contributed by atoms with van der Waals surface area (Å²) in [6, 6.07) is 4.23. The van der Waals surface area contributed by atoms with Gasteiger partial charge in [-0.1, -0.05) is 12.2 Å². The van der Waals surface area contributed by atoms with Crippen LogP contribution in [0, 0.1) is 0 Å². The molecule has 0 radical (unpaired) electrons. The molecule has 1 aliphatic rings. The Balaban J connectivity index is 2.21. The van der Waals surface area contributed by atoms with E-state index < -0.39 is 0 Å². The van der Waals surface area contributed by atoms with Crippen LogP contribution < -0.4 is 10.6 Å². The van der Waals surface area contributed by atoms with Crippen molar-refractivity contribution in [2.75, 3.05) is 18.1 Å². The number of anilines is 1. The van der Waals surface area contributed by atoms with E-state index in [1.807, 2.05) is 12.1 Å². The van der Waals surface area contributed by atoms with Crippen molar-refractivity contribution in [3.05, 3.63) is 23.9 Å². The topological polar surface area (TPSA) is 62.4 Å². The lowest BCUT2D eigenvalue weighted by atomic mass is 10.1. The minimum absolute atomic E-state index is 0.245. The van der Waals surface area contributed by atoms with Gasteiger partial charge in [-0.25, -0.2) is 4.98 Å². The maximum absolute atomic E-state index is 8.95. The summed E-state index contributed by atoms with van der Waals surface area (Å²) in [5, 5.41) is 8.95. The van der Waals surface area contributed by atoms with E-state index in [1.165, 1.54) is 0 Å². The fourth-order valence-electron chi connectivity index (χ4n) is 2.56. The Bertz CT molecular complexity index is 424. The fraction of sp³-hybridized carbons (Fsp3) is 0.538. The summed E-state index contributed by atoms with van der Waals surface area (Å²) in [4.78, 5) is 7.11. The summed E-state index contributed by atoms with van der Waals surface area (Å²) >= 11 is 5.08. The molecule has 0 amide bonds. The van der Waals surface area contributed by atoms with Gasteiger partial charge >= 0.3 is 0 Å². The minimum Gasteiger partial charge on any atom is -0.396 e. The first kappa shape index (κ1) is 13.2. The van der Waals surface area contributed by atoms with Gasteiger partial charge in [0.05, 0.1) is 5.56 Å². The molecule has 1 fully saturated rings. The largest absolute Gasteiger partial charge is 0.396 e. The van der Waals surface area contributed by atoms with E-state index in [4.69, 9.17) is 23.1 Å². The van der Waals surface area contributed by atoms with E-state index in [9.17, 15) is 0 Å². The zero-order valence-electron chi connectivity index (χ0n) is 10.4. The molecule has 0 bridgehead atoms. The van der Waals surface area contributed by atoms with Crippen molar-refractivity contribution in [3.8, 4) is 0 Å². The SMILES string of the molecule is NC(=S)c1cccnc1N1CCCC1CCCO. The van der Waals surface area contributed by atoms with Crippen LogP contribution in [0.3, 0.4) is 0 Å². The maximum Gasteiger partial charge on any atom is 0.139 e. The number of hydrogen-bond acceptors (Lipinski definition) is 4. The number of aliphatic hydroxyl groups excluding tert-OH is 1. The van der Waals surface area contributed by atoms with E-state index in [1.54, 1.807) is 6.20 Å². The Morgan fingerprint density at radius 1 is 1.61 bits per heavy atom. The number of hydrogen-bond donors (Lipinski definition) is 2. The van der Waals surface area contributed by atoms with E-state index in [0.29, 0.717) is 11.0 Å². The van der Waals surface area contributed by atoms with Crippen LogP contribution in [0.5, 0.6) is 0 Å². The van der Waals surface area contributed by atoms with Gasteiger partial charge in [-0.2, -0.15) is 0 Å². The standard InChI is InChI=1S/C13H19N3OS/c14-12(18)11-6-1-7-15-13(11)16-8-2-4-10(16)5-3-9-17/h1,6-7,10,17H,2-5,8-9H2,(H2,14,18).